The van der Waals surface area contributed by atoms with Crippen LogP contribution in [0.25, 0.3) is 0 Å². The van der Waals surface area contributed by atoms with E-state index in [0.717, 1.165) is 37.1 Å². The fourth-order valence-corrected chi connectivity index (χ4v) is 1.77. The van der Waals surface area contributed by atoms with Gasteiger partial charge in [0.25, 0.3) is 0 Å². The van der Waals surface area contributed by atoms with Crippen LogP contribution in [-0.4, -0.2) is 13.3 Å². The van der Waals surface area contributed by atoms with Crippen molar-refractivity contribution in [2.45, 2.75) is 25.9 Å². The van der Waals surface area contributed by atoms with Crippen molar-refractivity contribution in [1.29, 1.82) is 0 Å². The van der Waals surface area contributed by atoms with Gasteiger partial charge in [-0.25, -0.2) is 0 Å². The zero-order valence-corrected chi connectivity index (χ0v) is 8.87. The Morgan fingerprint density at radius 2 is 2.20 bits per heavy atom. The maximum Gasteiger partial charge on any atom is 0.189 e. The molecule has 1 heterocycles. The number of benzene rings is 1. The molecule has 0 bridgehead atoms. The molecule has 1 aromatic rings. The van der Waals surface area contributed by atoms with E-state index in [1.54, 1.807) is 0 Å². The molecule has 0 saturated heterocycles. The summed E-state index contributed by atoms with van der Waals surface area (Å²) in [5.41, 5.74) is 7.97. The molecular formula is C12H17NO2. The number of nitrogens with two attached hydrogens (primary N) is 1. The molecule has 0 spiro atoms. The van der Waals surface area contributed by atoms with Gasteiger partial charge in [0.15, 0.2) is 6.79 Å². The Bertz CT molecular complexity index is 325. The van der Waals surface area contributed by atoms with Crippen LogP contribution < -0.4 is 10.5 Å². The third-order valence-corrected chi connectivity index (χ3v) is 2.60. The molecule has 3 nitrogen and oxygen atoms in total. The minimum atomic E-state index is 0.375. The smallest absolute Gasteiger partial charge is 0.189 e. The summed E-state index contributed by atoms with van der Waals surface area (Å²) in [6, 6.07) is 6.33. The first kappa shape index (κ1) is 10.5. The lowest BCUT2D eigenvalue weighted by molar-refractivity contribution is -0.0164. The van der Waals surface area contributed by atoms with E-state index in [4.69, 9.17) is 15.2 Å². The highest BCUT2D eigenvalue weighted by atomic mass is 16.7. The number of ether oxygens (including phenoxy) is 2. The Balaban J connectivity index is 2.00. The maximum atomic E-state index is 5.46. The molecule has 0 fully saturated rings. The summed E-state index contributed by atoms with van der Waals surface area (Å²) < 4.78 is 10.6. The molecule has 1 aliphatic rings. The SMILES string of the molecule is NCCCCc1ccc2c(c1)COCO2. The molecule has 2 rings (SSSR count). The van der Waals surface area contributed by atoms with Gasteiger partial charge in [-0.05, 0) is 43.5 Å². The molecule has 1 aliphatic heterocycles. The Hall–Kier alpha value is -1.06. The van der Waals surface area contributed by atoms with Crippen molar-refractivity contribution in [2.75, 3.05) is 13.3 Å². The van der Waals surface area contributed by atoms with E-state index in [1.165, 1.54) is 5.56 Å². The summed E-state index contributed by atoms with van der Waals surface area (Å²) >= 11 is 0. The van der Waals surface area contributed by atoms with Crippen LogP contribution in [0.2, 0.25) is 0 Å². The molecule has 0 unspecified atom stereocenters. The minimum absolute atomic E-state index is 0.375. The molecule has 3 heteroatoms. The summed E-state index contributed by atoms with van der Waals surface area (Å²) in [4.78, 5) is 0. The van der Waals surface area contributed by atoms with Crippen molar-refractivity contribution in [3.63, 3.8) is 0 Å². The highest BCUT2D eigenvalue weighted by Gasteiger charge is 2.10. The van der Waals surface area contributed by atoms with Gasteiger partial charge in [-0.2, -0.15) is 0 Å². The van der Waals surface area contributed by atoms with Gasteiger partial charge in [0.05, 0.1) is 6.61 Å². The van der Waals surface area contributed by atoms with Gasteiger partial charge in [0.2, 0.25) is 0 Å². The average molecular weight is 207 g/mol. The first-order valence-corrected chi connectivity index (χ1v) is 5.42. The second-order valence-electron chi connectivity index (χ2n) is 3.80. The summed E-state index contributed by atoms with van der Waals surface area (Å²) in [6.07, 6.45) is 3.32. The molecule has 0 aromatic heterocycles. The fourth-order valence-electron chi connectivity index (χ4n) is 1.77. The highest BCUT2D eigenvalue weighted by molar-refractivity contribution is 5.37. The zero-order valence-electron chi connectivity index (χ0n) is 8.87. The van der Waals surface area contributed by atoms with Crippen LogP contribution in [0.4, 0.5) is 0 Å². The second kappa shape index (κ2) is 5.14. The number of aryl methyl sites for hydroxylation is 1. The number of hydrogen-bond acceptors (Lipinski definition) is 3. The van der Waals surface area contributed by atoms with E-state index < -0.39 is 0 Å². The summed E-state index contributed by atoms with van der Waals surface area (Å²) in [6.45, 7) is 1.82. The molecule has 2 N–H and O–H groups in total. The third kappa shape index (κ3) is 2.70. The molecule has 0 saturated carbocycles. The lowest BCUT2D eigenvalue weighted by Gasteiger charge is -2.18. The Morgan fingerprint density at radius 1 is 1.27 bits per heavy atom. The van der Waals surface area contributed by atoms with E-state index in [2.05, 4.69) is 12.1 Å². The molecule has 0 radical (unpaired) electrons. The van der Waals surface area contributed by atoms with E-state index >= 15 is 0 Å². The summed E-state index contributed by atoms with van der Waals surface area (Å²) in [5, 5.41) is 0. The number of hydrogen-bond donors (Lipinski definition) is 1. The van der Waals surface area contributed by atoms with Crippen molar-refractivity contribution in [2.24, 2.45) is 5.73 Å². The van der Waals surface area contributed by atoms with Gasteiger partial charge in [-0.15, -0.1) is 0 Å². The van der Waals surface area contributed by atoms with E-state index in [1.807, 2.05) is 6.07 Å². The third-order valence-electron chi connectivity index (χ3n) is 2.60. The molecule has 82 valence electrons. The first-order chi connectivity index (χ1) is 7.40. The molecule has 0 atom stereocenters. The normalized spacial score (nSPS) is 14.5. The summed E-state index contributed by atoms with van der Waals surface area (Å²) in [5.74, 6) is 0.962. The van der Waals surface area contributed by atoms with Gasteiger partial charge in [-0.1, -0.05) is 6.07 Å². The first-order valence-electron chi connectivity index (χ1n) is 5.42. The topological polar surface area (TPSA) is 44.5 Å². The molecule has 1 aromatic carbocycles. The van der Waals surface area contributed by atoms with Crippen LogP contribution in [-0.2, 0) is 17.8 Å². The Kier molecular flexibility index (Phi) is 3.59. The van der Waals surface area contributed by atoms with E-state index in [-0.39, 0.29) is 0 Å². The number of rotatable bonds is 4. The van der Waals surface area contributed by atoms with Gasteiger partial charge in [0.1, 0.15) is 5.75 Å². The Morgan fingerprint density at radius 3 is 3.07 bits per heavy atom. The number of fused-ring (bicyclic) bond motifs is 1. The van der Waals surface area contributed by atoms with Crippen molar-refractivity contribution in [3.8, 4) is 5.75 Å². The monoisotopic (exact) mass is 207 g/mol. The van der Waals surface area contributed by atoms with Crippen LogP contribution in [0, 0.1) is 0 Å². The van der Waals surface area contributed by atoms with Crippen LogP contribution in [0.1, 0.15) is 24.0 Å². The van der Waals surface area contributed by atoms with Gasteiger partial charge >= 0.3 is 0 Å². The minimum Gasteiger partial charge on any atom is -0.467 e. The molecular weight excluding hydrogens is 190 g/mol. The molecule has 0 amide bonds. The van der Waals surface area contributed by atoms with Crippen molar-refractivity contribution in [1.82, 2.24) is 0 Å². The maximum absolute atomic E-state index is 5.46. The quantitative estimate of drug-likeness (QED) is 0.766. The van der Waals surface area contributed by atoms with E-state index in [0.29, 0.717) is 13.4 Å². The fraction of sp³-hybridized carbons (Fsp3) is 0.500. The van der Waals surface area contributed by atoms with Gasteiger partial charge in [-0.3, -0.25) is 0 Å². The van der Waals surface area contributed by atoms with Gasteiger partial charge < -0.3 is 15.2 Å². The van der Waals surface area contributed by atoms with Crippen LogP contribution in [0.5, 0.6) is 5.75 Å². The zero-order chi connectivity index (χ0) is 10.5. The highest BCUT2D eigenvalue weighted by Crippen LogP contribution is 2.24. The average Bonchev–Trinajstić information content (AvgIpc) is 2.29. The van der Waals surface area contributed by atoms with Crippen molar-refractivity contribution in [3.05, 3.63) is 29.3 Å². The molecule has 0 aliphatic carbocycles. The van der Waals surface area contributed by atoms with Crippen LogP contribution >= 0.6 is 0 Å². The Labute approximate surface area is 90.2 Å². The van der Waals surface area contributed by atoms with Crippen LogP contribution in [0.15, 0.2) is 18.2 Å². The lowest BCUT2D eigenvalue weighted by atomic mass is 10.0. The van der Waals surface area contributed by atoms with E-state index in [9.17, 15) is 0 Å². The van der Waals surface area contributed by atoms with Crippen LogP contribution in [0.3, 0.4) is 0 Å². The standard InChI is InChI=1S/C12H17NO2/c13-6-2-1-3-10-4-5-12-11(7-10)8-14-9-15-12/h4-5,7H,1-3,6,8-9,13H2. The predicted octanol–water partition coefficient (Wildman–Crippen LogP) is 1.83. The predicted molar refractivity (Wildman–Crippen MR) is 58.7 cm³/mol. The largest absolute Gasteiger partial charge is 0.467 e. The lowest BCUT2D eigenvalue weighted by Crippen LogP contribution is -2.11. The summed E-state index contributed by atoms with van der Waals surface area (Å²) in [7, 11) is 0. The number of unbranched alkanes of at least 4 members (excludes halogenated alkanes) is 1. The van der Waals surface area contributed by atoms with Gasteiger partial charge in [0, 0.05) is 5.56 Å². The van der Waals surface area contributed by atoms with Crippen molar-refractivity contribution < 1.29 is 9.47 Å². The van der Waals surface area contributed by atoms with Crippen molar-refractivity contribution >= 4 is 0 Å². The molecule has 15 heavy (non-hydrogen) atoms. The second-order valence-corrected chi connectivity index (χ2v) is 3.80.